The Morgan fingerprint density at radius 3 is 2.69 bits per heavy atom. The van der Waals surface area contributed by atoms with Gasteiger partial charge in [-0.2, -0.15) is 0 Å². The van der Waals surface area contributed by atoms with E-state index in [2.05, 4.69) is 9.97 Å². The largest absolute Gasteiger partial charge is 0.338 e. The van der Waals surface area contributed by atoms with Crippen LogP contribution in [0.5, 0.6) is 0 Å². The predicted octanol–water partition coefficient (Wildman–Crippen LogP) is 3.29. The topological polar surface area (TPSA) is 66.4 Å². The van der Waals surface area contributed by atoms with Crippen LogP contribution in [0.4, 0.5) is 0 Å². The molecule has 6 nitrogen and oxygen atoms in total. The van der Waals surface area contributed by atoms with Crippen molar-refractivity contribution < 1.29 is 9.59 Å². The fraction of sp³-hybridized carbons (Fsp3) is 0.364. The fourth-order valence-corrected chi connectivity index (χ4v) is 5.47. The molecule has 4 heterocycles. The van der Waals surface area contributed by atoms with Crippen molar-refractivity contribution in [3.63, 3.8) is 0 Å². The predicted molar refractivity (Wildman–Crippen MR) is 112 cm³/mol. The van der Waals surface area contributed by atoms with Crippen molar-refractivity contribution >= 4 is 34.1 Å². The van der Waals surface area contributed by atoms with Gasteiger partial charge in [-0.25, -0.2) is 4.98 Å². The lowest BCUT2D eigenvalue weighted by Gasteiger charge is -2.53. The third-order valence-electron chi connectivity index (χ3n) is 6.05. The number of amides is 2. The van der Waals surface area contributed by atoms with Gasteiger partial charge in [0, 0.05) is 43.2 Å². The summed E-state index contributed by atoms with van der Waals surface area (Å²) in [6.07, 6.45) is 2.52. The summed E-state index contributed by atoms with van der Waals surface area (Å²) in [4.78, 5) is 39.5. The Labute approximate surface area is 173 Å². The van der Waals surface area contributed by atoms with E-state index >= 15 is 0 Å². The molecule has 0 N–H and O–H groups in total. The van der Waals surface area contributed by atoms with Crippen molar-refractivity contribution in [3.8, 4) is 0 Å². The van der Waals surface area contributed by atoms with E-state index in [4.69, 9.17) is 0 Å². The number of benzene rings is 1. The number of nitrogens with zero attached hydrogens (tertiary/aromatic N) is 4. The van der Waals surface area contributed by atoms with Crippen LogP contribution in [0.15, 0.2) is 36.5 Å². The summed E-state index contributed by atoms with van der Waals surface area (Å²) in [5, 5.41) is 1.82. The molecule has 148 valence electrons. The van der Waals surface area contributed by atoms with Gasteiger partial charge in [0.2, 0.25) is 0 Å². The molecule has 0 aliphatic carbocycles. The van der Waals surface area contributed by atoms with E-state index in [-0.39, 0.29) is 17.9 Å². The van der Waals surface area contributed by atoms with Gasteiger partial charge in [0.25, 0.3) is 11.8 Å². The molecule has 2 amide bonds. The van der Waals surface area contributed by atoms with Crippen LogP contribution in [0.2, 0.25) is 0 Å². The number of para-hydroxylation sites is 1. The highest BCUT2D eigenvalue weighted by molar-refractivity contribution is 7.13. The first kappa shape index (κ1) is 18.2. The van der Waals surface area contributed by atoms with Crippen molar-refractivity contribution in [1.82, 2.24) is 19.8 Å². The third kappa shape index (κ3) is 3.00. The van der Waals surface area contributed by atoms with Crippen LogP contribution in [0.3, 0.4) is 0 Å². The molecular weight excluding hydrogens is 384 g/mol. The average Bonchev–Trinajstić information content (AvgIpc) is 3.05. The smallest absolute Gasteiger partial charge is 0.266 e. The molecule has 5 rings (SSSR count). The molecule has 0 saturated carbocycles. The van der Waals surface area contributed by atoms with E-state index in [9.17, 15) is 9.59 Å². The minimum atomic E-state index is 0.0563. The molecule has 0 spiro atoms. The quantitative estimate of drug-likeness (QED) is 0.655. The van der Waals surface area contributed by atoms with Gasteiger partial charge >= 0.3 is 0 Å². The fourth-order valence-electron chi connectivity index (χ4n) is 4.59. The zero-order chi connectivity index (χ0) is 20.1. The number of carbonyl (C=O) groups excluding carboxylic acids is 2. The van der Waals surface area contributed by atoms with Crippen LogP contribution in [-0.4, -0.2) is 57.3 Å². The molecule has 7 heteroatoms. The van der Waals surface area contributed by atoms with Gasteiger partial charge in [0.15, 0.2) is 0 Å². The van der Waals surface area contributed by atoms with Crippen molar-refractivity contribution in [1.29, 1.82) is 0 Å². The molecule has 0 bridgehead atoms. The maximum Gasteiger partial charge on any atom is 0.266 e. The highest BCUT2D eigenvalue weighted by Crippen LogP contribution is 2.35. The number of fused-ring (bicyclic) bond motifs is 2. The molecular formula is C22H22N4O2S. The van der Waals surface area contributed by atoms with Gasteiger partial charge < -0.3 is 9.80 Å². The van der Waals surface area contributed by atoms with Crippen LogP contribution in [0.1, 0.15) is 37.2 Å². The number of hydrogen-bond donors (Lipinski definition) is 0. The molecule has 2 aliphatic heterocycles. The van der Waals surface area contributed by atoms with Crippen LogP contribution < -0.4 is 0 Å². The van der Waals surface area contributed by atoms with E-state index in [0.717, 1.165) is 32.9 Å². The zero-order valence-electron chi connectivity index (χ0n) is 16.5. The summed E-state index contributed by atoms with van der Waals surface area (Å²) >= 11 is 1.47. The van der Waals surface area contributed by atoms with Crippen LogP contribution >= 0.6 is 11.3 Å². The normalized spacial score (nSPS) is 21.0. The van der Waals surface area contributed by atoms with E-state index in [0.29, 0.717) is 31.1 Å². The third-order valence-corrected chi connectivity index (χ3v) is 7.11. The second-order valence-corrected chi connectivity index (χ2v) is 9.05. The standard InChI is InChI=1S/C22H22N4O2S/c1-13-20(29-14(2)24-13)22(28)26-12-15-11-25(10-8-19(15)26)21(27)17-7-9-23-18-6-4-3-5-16(17)18/h3-7,9,15,19H,8,10-12H2,1-2H3/t15-,19-/m0/s1. The summed E-state index contributed by atoms with van der Waals surface area (Å²) in [5.41, 5.74) is 2.36. The molecule has 2 saturated heterocycles. The first-order chi connectivity index (χ1) is 14.0. The van der Waals surface area contributed by atoms with Crippen LogP contribution in [0, 0.1) is 19.8 Å². The summed E-state index contributed by atoms with van der Waals surface area (Å²) in [5.74, 6) is 0.495. The Morgan fingerprint density at radius 2 is 1.93 bits per heavy atom. The summed E-state index contributed by atoms with van der Waals surface area (Å²) in [7, 11) is 0. The number of piperidine rings is 1. The van der Waals surface area contributed by atoms with Gasteiger partial charge in [-0.15, -0.1) is 11.3 Å². The van der Waals surface area contributed by atoms with Gasteiger partial charge in [0.05, 0.1) is 21.8 Å². The molecule has 0 unspecified atom stereocenters. The Hall–Kier alpha value is -2.80. The Morgan fingerprint density at radius 1 is 1.10 bits per heavy atom. The number of rotatable bonds is 2. The second kappa shape index (κ2) is 6.91. The lowest BCUT2D eigenvalue weighted by molar-refractivity contribution is -0.0223. The lowest BCUT2D eigenvalue weighted by Crippen LogP contribution is -2.65. The number of pyridine rings is 1. The highest BCUT2D eigenvalue weighted by atomic mass is 32.1. The number of carbonyl (C=O) groups is 2. The maximum atomic E-state index is 13.2. The minimum Gasteiger partial charge on any atom is -0.338 e. The molecule has 2 fully saturated rings. The molecule has 0 radical (unpaired) electrons. The second-order valence-electron chi connectivity index (χ2n) is 7.85. The summed E-state index contributed by atoms with van der Waals surface area (Å²) < 4.78 is 0. The monoisotopic (exact) mass is 406 g/mol. The Bertz CT molecular complexity index is 1120. The molecule has 2 aliphatic rings. The van der Waals surface area contributed by atoms with E-state index in [1.165, 1.54) is 11.3 Å². The number of hydrogen-bond acceptors (Lipinski definition) is 5. The highest BCUT2D eigenvalue weighted by Gasteiger charge is 2.46. The molecule has 2 aromatic heterocycles. The first-order valence-corrected chi connectivity index (χ1v) is 10.7. The van der Waals surface area contributed by atoms with Crippen LogP contribution in [0.25, 0.3) is 10.9 Å². The SMILES string of the molecule is Cc1nc(C)c(C(=O)N2C[C@@H]3CN(C(=O)c4ccnc5ccccc45)CC[C@@H]32)s1. The van der Waals surface area contributed by atoms with Crippen molar-refractivity contribution in [2.45, 2.75) is 26.3 Å². The maximum absolute atomic E-state index is 13.2. The van der Waals surface area contributed by atoms with Gasteiger partial charge in [-0.3, -0.25) is 14.6 Å². The Kier molecular flexibility index (Phi) is 4.35. The molecule has 3 aromatic rings. The first-order valence-electron chi connectivity index (χ1n) is 9.91. The molecule has 2 atom stereocenters. The number of aromatic nitrogens is 2. The van der Waals surface area contributed by atoms with Crippen molar-refractivity contribution in [3.05, 3.63) is 57.7 Å². The van der Waals surface area contributed by atoms with Gasteiger partial charge in [0.1, 0.15) is 4.88 Å². The van der Waals surface area contributed by atoms with Crippen LogP contribution in [-0.2, 0) is 0 Å². The summed E-state index contributed by atoms with van der Waals surface area (Å²) in [6.45, 7) is 5.90. The molecule has 1 aromatic carbocycles. The molecule has 29 heavy (non-hydrogen) atoms. The number of aryl methyl sites for hydroxylation is 2. The van der Waals surface area contributed by atoms with E-state index in [1.807, 2.05) is 54.0 Å². The number of likely N-dealkylation sites (tertiary alicyclic amines) is 2. The van der Waals surface area contributed by atoms with E-state index in [1.54, 1.807) is 6.20 Å². The minimum absolute atomic E-state index is 0.0563. The van der Waals surface area contributed by atoms with Gasteiger partial charge in [-0.05, 0) is 32.4 Å². The van der Waals surface area contributed by atoms with Crippen molar-refractivity contribution in [2.24, 2.45) is 5.92 Å². The lowest BCUT2D eigenvalue weighted by atomic mass is 9.82. The van der Waals surface area contributed by atoms with E-state index < -0.39 is 0 Å². The number of thiazole rings is 1. The Balaban J connectivity index is 1.30. The summed E-state index contributed by atoms with van der Waals surface area (Å²) in [6, 6.07) is 9.78. The van der Waals surface area contributed by atoms with Crippen molar-refractivity contribution in [2.75, 3.05) is 19.6 Å². The zero-order valence-corrected chi connectivity index (χ0v) is 17.3. The van der Waals surface area contributed by atoms with Gasteiger partial charge in [-0.1, -0.05) is 18.2 Å². The average molecular weight is 407 g/mol.